The second kappa shape index (κ2) is 4.65. The summed E-state index contributed by atoms with van der Waals surface area (Å²) in [4.78, 5) is 4.46. The van der Waals surface area contributed by atoms with E-state index in [-0.39, 0.29) is 0 Å². The molecule has 1 aliphatic rings. The highest BCUT2D eigenvalue weighted by Crippen LogP contribution is 2.25. The molecule has 0 unspecified atom stereocenters. The Labute approximate surface area is 107 Å². The van der Waals surface area contributed by atoms with Gasteiger partial charge >= 0.3 is 0 Å². The maximum Gasteiger partial charge on any atom is 0.123 e. The molecule has 2 aromatic rings. The van der Waals surface area contributed by atoms with E-state index in [9.17, 15) is 0 Å². The Morgan fingerprint density at radius 2 is 1.94 bits per heavy atom. The van der Waals surface area contributed by atoms with Crippen molar-refractivity contribution in [3.05, 3.63) is 59.2 Å². The number of benzene rings is 2. The molecule has 1 heterocycles. The minimum atomic E-state index is 0.799. The molecular weight excluding hydrogens is 222 g/mol. The Bertz CT molecular complexity index is 585. The van der Waals surface area contributed by atoms with Gasteiger partial charge in [-0.15, -0.1) is 0 Å². The Morgan fingerprint density at radius 3 is 2.78 bits per heavy atom. The van der Waals surface area contributed by atoms with Gasteiger partial charge in [0.05, 0.1) is 12.3 Å². The van der Waals surface area contributed by atoms with Gasteiger partial charge in [-0.1, -0.05) is 29.8 Å². The quantitative estimate of drug-likeness (QED) is 0.730. The molecule has 0 amide bonds. The third kappa shape index (κ3) is 2.28. The first-order valence-electron chi connectivity index (χ1n) is 6.18. The zero-order chi connectivity index (χ0) is 12.4. The zero-order valence-electron chi connectivity index (χ0n) is 10.4. The fourth-order valence-corrected chi connectivity index (χ4v) is 2.04. The van der Waals surface area contributed by atoms with Crippen molar-refractivity contribution in [1.29, 1.82) is 0 Å². The van der Waals surface area contributed by atoms with Crippen molar-refractivity contribution in [2.45, 2.75) is 13.3 Å². The number of ether oxygens (including phenoxy) is 1. The van der Waals surface area contributed by atoms with Crippen LogP contribution in [0.5, 0.6) is 5.75 Å². The van der Waals surface area contributed by atoms with Crippen molar-refractivity contribution in [1.82, 2.24) is 0 Å². The van der Waals surface area contributed by atoms with E-state index in [0.717, 1.165) is 30.0 Å². The summed E-state index contributed by atoms with van der Waals surface area (Å²) in [5.41, 5.74) is 4.60. The summed E-state index contributed by atoms with van der Waals surface area (Å²) >= 11 is 0. The van der Waals surface area contributed by atoms with E-state index in [4.69, 9.17) is 4.74 Å². The van der Waals surface area contributed by atoms with Crippen molar-refractivity contribution in [2.24, 2.45) is 4.99 Å². The van der Waals surface area contributed by atoms with Crippen LogP contribution in [0.15, 0.2) is 47.5 Å². The molecule has 1 aliphatic heterocycles. The minimum Gasteiger partial charge on any atom is -0.493 e. The first-order valence-corrected chi connectivity index (χ1v) is 6.18. The molecule has 0 radical (unpaired) electrons. The van der Waals surface area contributed by atoms with E-state index in [0.29, 0.717) is 0 Å². The first-order chi connectivity index (χ1) is 8.81. The molecule has 2 nitrogen and oxygen atoms in total. The molecular formula is C16H15NO. The first kappa shape index (κ1) is 11.0. The predicted molar refractivity (Wildman–Crippen MR) is 74.1 cm³/mol. The van der Waals surface area contributed by atoms with Gasteiger partial charge in [-0.05, 0) is 36.2 Å². The fraction of sp³-hybridized carbons (Fsp3) is 0.188. The Morgan fingerprint density at radius 1 is 1.11 bits per heavy atom. The standard InChI is InChI=1S/C16H15NO/c1-12-2-6-15(7-3-12)17-11-13-4-5-14-8-9-18-16(14)10-13/h2-7,10-11H,8-9H2,1H3. The monoisotopic (exact) mass is 237 g/mol. The zero-order valence-corrected chi connectivity index (χ0v) is 10.4. The molecule has 0 fully saturated rings. The van der Waals surface area contributed by atoms with Gasteiger partial charge in [0.15, 0.2) is 0 Å². The smallest absolute Gasteiger partial charge is 0.123 e. The summed E-state index contributed by atoms with van der Waals surface area (Å²) in [5.74, 6) is 1.00. The maximum absolute atomic E-state index is 5.55. The Hall–Kier alpha value is -2.09. The minimum absolute atomic E-state index is 0.799. The number of nitrogens with zero attached hydrogens (tertiary/aromatic N) is 1. The third-order valence-electron chi connectivity index (χ3n) is 3.12. The molecule has 0 bridgehead atoms. The van der Waals surface area contributed by atoms with E-state index in [2.05, 4.69) is 42.2 Å². The molecule has 90 valence electrons. The van der Waals surface area contributed by atoms with Gasteiger partial charge in [-0.25, -0.2) is 0 Å². The highest BCUT2D eigenvalue weighted by atomic mass is 16.5. The van der Waals surface area contributed by atoms with Crippen LogP contribution in [0.2, 0.25) is 0 Å². The molecule has 2 heteroatoms. The van der Waals surface area contributed by atoms with E-state index in [1.165, 1.54) is 11.1 Å². The van der Waals surface area contributed by atoms with Gasteiger partial charge in [-0.2, -0.15) is 0 Å². The summed E-state index contributed by atoms with van der Waals surface area (Å²) in [6.45, 7) is 2.87. The number of aryl methyl sites for hydroxylation is 1. The number of fused-ring (bicyclic) bond motifs is 1. The van der Waals surface area contributed by atoms with Crippen LogP contribution in [0.25, 0.3) is 0 Å². The van der Waals surface area contributed by atoms with Gasteiger partial charge in [0.2, 0.25) is 0 Å². The van der Waals surface area contributed by atoms with Crippen molar-refractivity contribution in [3.8, 4) is 5.75 Å². The van der Waals surface area contributed by atoms with Gasteiger partial charge in [0.1, 0.15) is 5.75 Å². The molecule has 2 aromatic carbocycles. The average molecular weight is 237 g/mol. The van der Waals surface area contributed by atoms with Gasteiger partial charge < -0.3 is 4.74 Å². The lowest BCUT2D eigenvalue weighted by Crippen LogP contribution is -1.86. The van der Waals surface area contributed by atoms with Crippen LogP contribution in [0.4, 0.5) is 5.69 Å². The van der Waals surface area contributed by atoms with Crippen LogP contribution >= 0.6 is 0 Å². The van der Waals surface area contributed by atoms with E-state index in [1.807, 2.05) is 18.3 Å². The molecule has 0 spiro atoms. The lowest BCUT2D eigenvalue weighted by Gasteiger charge is -2.00. The number of hydrogen-bond donors (Lipinski definition) is 0. The largest absolute Gasteiger partial charge is 0.493 e. The summed E-state index contributed by atoms with van der Waals surface area (Å²) in [6.07, 6.45) is 2.90. The van der Waals surface area contributed by atoms with Crippen LogP contribution in [0.1, 0.15) is 16.7 Å². The molecule has 0 N–H and O–H groups in total. The summed E-state index contributed by atoms with van der Waals surface area (Å²) in [7, 11) is 0. The number of aliphatic imine (C=N–C) groups is 1. The highest BCUT2D eigenvalue weighted by molar-refractivity contribution is 5.82. The lowest BCUT2D eigenvalue weighted by molar-refractivity contribution is 0.357. The maximum atomic E-state index is 5.55. The molecule has 0 saturated carbocycles. The van der Waals surface area contributed by atoms with Crippen molar-refractivity contribution >= 4 is 11.9 Å². The molecule has 3 rings (SSSR count). The summed E-state index contributed by atoms with van der Waals surface area (Å²) in [5, 5.41) is 0. The van der Waals surface area contributed by atoms with Crippen molar-refractivity contribution in [2.75, 3.05) is 6.61 Å². The molecule has 18 heavy (non-hydrogen) atoms. The number of rotatable bonds is 2. The van der Waals surface area contributed by atoms with Gasteiger partial charge in [-0.3, -0.25) is 4.99 Å². The van der Waals surface area contributed by atoms with Crippen LogP contribution in [-0.2, 0) is 6.42 Å². The summed E-state index contributed by atoms with van der Waals surface area (Å²) < 4.78 is 5.55. The van der Waals surface area contributed by atoms with Crippen molar-refractivity contribution < 1.29 is 4.74 Å². The Balaban J connectivity index is 1.82. The van der Waals surface area contributed by atoms with Crippen LogP contribution < -0.4 is 4.74 Å². The van der Waals surface area contributed by atoms with Crippen molar-refractivity contribution in [3.63, 3.8) is 0 Å². The third-order valence-corrected chi connectivity index (χ3v) is 3.12. The molecule has 0 saturated heterocycles. The number of hydrogen-bond acceptors (Lipinski definition) is 2. The predicted octanol–water partition coefficient (Wildman–Crippen LogP) is 3.68. The van der Waals surface area contributed by atoms with Gasteiger partial charge in [0, 0.05) is 12.6 Å². The summed E-state index contributed by atoms with van der Waals surface area (Å²) in [6, 6.07) is 14.5. The normalized spacial score (nSPS) is 13.6. The fourth-order valence-electron chi connectivity index (χ4n) is 2.04. The topological polar surface area (TPSA) is 21.6 Å². The van der Waals surface area contributed by atoms with E-state index in [1.54, 1.807) is 0 Å². The second-order valence-corrected chi connectivity index (χ2v) is 4.56. The van der Waals surface area contributed by atoms with Crippen LogP contribution in [0, 0.1) is 6.92 Å². The van der Waals surface area contributed by atoms with Crippen LogP contribution in [-0.4, -0.2) is 12.8 Å². The van der Waals surface area contributed by atoms with E-state index < -0.39 is 0 Å². The molecule has 0 atom stereocenters. The molecule has 0 aliphatic carbocycles. The SMILES string of the molecule is Cc1ccc(N=Cc2ccc3c(c2)OCC3)cc1. The average Bonchev–Trinajstić information content (AvgIpc) is 2.85. The molecule has 0 aromatic heterocycles. The lowest BCUT2D eigenvalue weighted by atomic mass is 10.1. The second-order valence-electron chi connectivity index (χ2n) is 4.56. The Kier molecular flexibility index (Phi) is 2.85. The van der Waals surface area contributed by atoms with Crippen LogP contribution in [0.3, 0.4) is 0 Å². The van der Waals surface area contributed by atoms with Gasteiger partial charge in [0.25, 0.3) is 0 Å². The van der Waals surface area contributed by atoms with E-state index >= 15 is 0 Å². The highest BCUT2D eigenvalue weighted by Gasteiger charge is 2.10.